The minimum atomic E-state index is -0.0932. The maximum Gasteiger partial charge on any atom is 0.263 e. The van der Waals surface area contributed by atoms with Gasteiger partial charge >= 0.3 is 0 Å². The third-order valence-electron chi connectivity index (χ3n) is 4.75. The predicted octanol–water partition coefficient (Wildman–Crippen LogP) is 3.59. The fourth-order valence-electron chi connectivity index (χ4n) is 2.90. The van der Waals surface area contributed by atoms with Crippen molar-refractivity contribution in [1.82, 2.24) is 14.5 Å². The number of fused-ring (bicyclic) bond motifs is 1. The van der Waals surface area contributed by atoms with Gasteiger partial charge in [0.15, 0.2) is 5.16 Å². The van der Waals surface area contributed by atoms with Crippen LogP contribution >= 0.6 is 23.1 Å². The van der Waals surface area contributed by atoms with Gasteiger partial charge in [-0.15, -0.1) is 11.3 Å². The van der Waals surface area contributed by atoms with Crippen LogP contribution in [0.5, 0.6) is 0 Å². The Morgan fingerprint density at radius 1 is 1.31 bits per heavy atom. The summed E-state index contributed by atoms with van der Waals surface area (Å²) in [7, 11) is 1.68. The zero-order valence-corrected chi connectivity index (χ0v) is 18.3. The lowest BCUT2D eigenvalue weighted by Crippen LogP contribution is -2.30. The molecule has 0 radical (unpaired) electrons. The van der Waals surface area contributed by atoms with Crippen molar-refractivity contribution in [1.29, 1.82) is 5.26 Å². The van der Waals surface area contributed by atoms with E-state index >= 15 is 0 Å². The van der Waals surface area contributed by atoms with E-state index in [0.29, 0.717) is 34.9 Å². The molecule has 0 aliphatic rings. The first kappa shape index (κ1) is 21.1. The van der Waals surface area contributed by atoms with Crippen molar-refractivity contribution in [2.45, 2.75) is 32.0 Å². The number of nitriles is 1. The molecule has 6 nitrogen and oxygen atoms in total. The third-order valence-corrected chi connectivity index (χ3v) is 6.81. The number of thiophene rings is 1. The Morgan fingerprint density at radius 2 is 2.03 bits per heavy atom. The van der Waals surface area contributed by atoms with Gasteiger partial charge in [0.05, 0.1) is 30.2 Å². The molecule has 0 N–H and O–H groups in total. The van der Waals surface area contributed by atoms with Gasteiger partial charge in [0.2, 0.25) is 5.91 Å². The third kappa shape index (κ3) is 4.69. The number of amides is 1. The van der Waals surface area contributed by atoms with E-state index in [0.717, 1.165) is 16.0 Å². The van der Waals surface area contributed by atoms with Crippen LogP contribution in [0.1, 0.15) is 22.4 Å². The highest BCUT2D eigenvalue weighted by Crippen LogP contribution is 2.28. The first-order valence-corrected chi connectivity index (χ1v) is 11.0. The van der Waals surface area contributed by atoms with E-state index in [1.165, 1.54) is 28.0 Å². The number of benzene rings is 1. The fourth-order valence-corrected chi connectivity index (χ4v) is 4.91. The zero-order chi connectivity index (χ0) is 21.0. The molecule has 1 amide bonds. The van der Waals surface area contributed by atoms with E-state index in [4.69, 9.17) is 10.2 Å². The molecule has 0 spiro atoms. The Labute approximate surface area is 177 Å². The smallest absolute Gasteiger partial charge is 0.263 e. The van der Waals surface area contributed by atoms with E-state index < -0.39 is 0 Å². The lowest BCUT2D eigenvalue weighted by Gasteiger charge is -2.16. The number of thioether (sulfide) groups is 1. The van der Waals surface area contributed by atoms with Crippen LogP contribution in [0, 0.1) is 25.2 Å². The van der Waals surface area contributed by atoms with Crippen molar-refractivity contribution in [3.63, 3.8) is 0 Å². The van der Waals surface area contributed by atoms with Crippen LogP contribution in [0.3, 0.4) is 0 Å². The van der Waals surface area contributed by atoms with Crippen LogP contribution in [-0.4, -0.2) is 39.7 Å². The maximum absolute atomic E-state index is 13.3. The van der Waals surface area contributed by atoms with Crippen LogP contribution < -0.4 is 5.56 Å². The molecular weight excluding hydrogens is 404 g/mol. The van der Waals surface area contributed by atoms with E-state index in [1.807, 2.05) is 50.2 Å². The van der Waals surface area contributed by atoms with Crippen molar-refractivity contribution < 1.29 is 4.79 Å². The topological polar surface area (TPSA) is 79.0 Å². The quantitative estimate of drug-likeness (QED) is 0.426. The largest absolute Gasteiger partial charge is 0.344 e. The summed E-state index contributed by atoms with van der Waals surface area (Å²) in [5.74, 6) is 0.0715. The first-order chi connectivity index (χ1) is 13.9. The Morgan fingerprint density at radius 3 is 2.72 bits per heavy atom. The van der Waals surface area contributed by atoms with E-state index in [1.54, 1.807) is 11.6 Å². The van der Waals surface area contributed by atoms with Crippen molar-refractivity contribution in [2.75, 3.05) is 19.3 Å². The second-order valence-corrected chi connectivity index (χ2v) is 8.89. The molecule has 0 bridgehead atoms. The number of hydrogen-bond donors (Lipinski definition) is 0. The second-order valence-electron chi connectivity index (χ2n) is 6.75. The molecule has 0 unspecified atom stereocenters. The standard InChI is InChI=1S/C21H22N4O2S2/c1-14-15(2)29-19-18(14)20(27)25(12-16-8-5-4-6-9-16)21(23-19)28-13-17(26)24(3)11-7-10-22/h4-6,8-9H,7,11-13H2,1-3H3. The molecular formula is C21H22N4O2S2. The summed E-state index contributed by atoms with van der Waals surface area (Å²) in [6.45, 7) is 4.73. The molecule has 2 heterocycles. The molecule has 150 valence electrons. The highest BCUT2D eigenvalue weighted by molar-refractivity contribution is 7.99. The predicted molar refractivity (Wildman–Crippen MR) is 117 cm³/mol. The van der Waals surface area contributed by atoms with Crippen LogP contribution in [0.2, 0.25) is 0 Å². The number of aromatic nitrogens is 2. The summed E-state index contributed by atoms with van der Waals surface area (Å²) >= 11 is 2.77. The van der Waals surface area contributed by atoms with Crippen LogP contribution in [-0.2, 0) is 11.3 Å². The molecule has 2 aromatic heterocycles. The normalized spacial score (nSPS) is 10.8. The van der Waals surface area contributed by atoms with Crippen molar-refractivity contribution >= 4 is 39.2 Å². The summed E-state index contributed by atoms with van der Waals surface area (Å²) in [5.41, 5.74) is 1.89. The number of rotatable bonds is 7. The SMILES string of the molecule is Cc1sc2nc(SCC(=O)N(C)CCC#N)n(Cc3ccccc3)c(=O)c2c1C. The molecule has 0 atom stereocenters. The molecule has 0 aliphatic carbocycles. The first-order valence-electron chi connectivity index (χ1n) is 9.20. The monoisotopic (exact) mass is 426 g/mol. The van der Waals surface area contributed by atoms with Crippen LogP contribution in [0.25, 0.3) is 10.2 Å². The minimum Gasteiger partial charge on any atom is -0.344 e. The van der Waals surface area contributed by atoms with E-state index in [9.17, 15) is 9.59 Å². The molecule has 0 fully saturated rings. The molecule has 0 saturated carbocycles. The van der Waals surface area contributed by atoms with Crippen LogP contribution in [0.15, 0.2) is 40.3 Å². The molecule has 0 saturated heterocycles. The lowest BCUT2D eigenvalue weighted by molar-refractivity contribution is -0.127. The molecule has 3 aromatic rings. The number of aryl methyl sites for hydroxylation is 2. The van der Waals surface area contributed by atoms with Gasteiger partial charge in [-0.2, -0.15) is 5.26 Å². The van der Waals surface area contributed by atoms with Gasteiger partial charge in [0.25, 0.3) is 5.56 Å². The molecule has 1 aromatic carbocycles. The zero-order valence-electron chi connectivity index (χ0n) is 16.6. The summed E-state index contributed by atoms with van der Waals surface area (Å²) in [6, 6.07) is 11.8. The van der Waals surface area contributed by atoms with Gasteiger partial charge in [0.1, 0.15) is 4.83 Å². The second kappa shape index (κ2) is 9.25. The van der Waals surface area contributed by atoms with Crippen molar-refractivity contribution in [3.8, 4) is 6.07 Å². The van der Waals surface area contributed by atoms with Gasteiger partial charge < -0.3 is 4.90 Å². The number of carbonyl (C=O) groups is 1. The minimum absolute atomic E-state index is 0.0755. The maximum atomic E-state index is 13.3. The average Bonchev–Trinajstić information content (AvgIpc) is 3.01. The van der Waals surface area contributed by atoms with Crippen molar-refractivity contribution in [2.24, 2.45) is 0 Å². The van der Waals surface area contributed by atoms with E-state index in [-0.39, 0.29) is 17.2 Å². The fraction of sp³-hybridized carbons (Fsp3) is 0.333. The van der Waals surface area contributed by atoms with E-state index in [2.05, 4.69) is 0 Å². The molecule has 29 heavy (non-hydrogen) atoms. The van der Waals surface area contributed by atoms with Gasteiger partial charge in [-0.3, -0.25) is 14.2 Å². The Balaban J connectivity index is 1.96. The molecule has 3 rings (SSSR count). The number of hydrogen-bond acceptors (Lipinski definition) is 6. The average molecular weight is 427 g/mol. The van der Waals surface area contributed by atoms with Crippen LogP contribution in [0.4, 0.5) is 0 Å². The lowest BCUT2D eigenvalue weighted by atomic mass is 10.2. The highest BCUT2D eigenvalue weighted by Gasteiger charge is 2.18. The van der Waals surface area contributed by atoms with Gasteiger partial charge in [-0.1, -0.05) is 42.1 Å². The molecule has 8 heteroatoms. The Bertz CT molecular complexity index is 1130. The summed E-state index contributed by atoms with van der Waals surface area (Å²) in [6.07, 6.45) is 0.295. The number of nitrogens with zero attached hydrogens (tertiary/aromatic N) is 4. The summed E-state index contributed by atoms with van der Waals surface area (Å²) in [5, 5.41) is 9.89. The van der Waals surface area contributed by atoms with Crippen molar-refractivity contribution in [3.05, 3.63) is 56.7 Å². The Kier molecular flexibility index (Phi) is 6.72. The van der Waals surface area contributed by atoms with Gasteiger partial charge in [-0.05, 0) is 25.0 Å². The Hall–Kier alpha value is -2.63. The summed E-state index contributed by atoms with van der Waals surface area (Å²) in [4.78, 5) is 33.7. The molecule has 0 aliphatic heterocycles. The van der Waals surface area contributed by atoms with Gasteiger partial charge in [0, 0.05) is 18.5 Å². The van der Waals surface area contributed by atoms with Gasteiger partial charge in [-0.25, -0.2) is 4.98 Å². The summed E-state index contributed by atoms with van der Waals surface area (Å²) < 4.78 is 1.66. The highest BCUT2D eigenvalue weighted by atomic mass is 32.2. The number of carbonyl (C=O) groups excluding carboxylic acids is 1.